The topological polar surface area (TPSA) is 69.6 Å². The second-order valence-corrected chi connectivity index (χ2v) is 6.01. The van der Waals surface area contributed by atoms with E-state index in [4.69, 9.17) is 5.11 Å². The molecule has 1 aromatic carbocycles. The van der Waals surface area contributed by atoms with Gasteiger partial charge in [0.15, 0.2) is 0 Å². The van der Waals surface area contributed by atoms with Crippen LogP contribution in [0.3, 0.4) is 0 Å². The highest BCUT2D eigenvalue weighted by Gasteiger charge is 2.34. The summed E-state index contributed by atoms with van der Waals surface area (Å²) in [7, 11) is 0. The second-order valence-electron chi connectivity index (χ2n) is 3.76. The molecule has 1 saturated heterocycles. The molecule has 0 radical (unpaired) electrons. The highest BCUT2D eigenvalue weighted by Crippen LogP contribution is 2.22. The van der Waals surface area contributed by atoms with Gasteiger partial charge in [0.25, 0.3) is 0 Å². The van der Waals surface area contributed by atoms with Gasteiger partial charge in [-0.25, -0.2) is 9.59 Å². The number of benzene rings is 1. The van der Waals surface area contributed by atoms with Gasteiger partial charge in [-0.05, 0) is 46.9 Å². The van der Waals surface area contributed by atoms with E-state index in [0.29, 0.717) is 17.3 Å². The molecule has 5 nitrogen and oxygen atoms in total. The number of urea groups is 1. The van der Waals surface area contributed by atoms with Crippen LogP contribution in [0.1, 0.15) is 0 Å². The molecular weight excluding hydrogens is 367 g/mol. The fourth-order valence-corrected chi connectivity index (χ4v) is 3.08. The number of thioether (sulfide) groups is 1. The van der Waals surface area contributed by atoms with Crippen molar-refractivity contribution in [2.24, 2.45) is 0 Å². The lowest BCUT2D eigenvalue weighted by atomic mass is 10.3. The van der Waals surface area contributed by atoms with E-state index < -0.39 is 12.0 Å². The zero-order valence-electron chi connectivity index (χ0n) is 9.30. The number of aliphatic carboxylic acids is 1. The maximum absolute atomic E-state index is 12.0. The Morgan fingerprint density at radius 3 is 2.67 bits per heavy atom. The summed E-state index contributed by atoms with van der Waals surface area (Å²) in [5, 5.41) is 11.7. The SMILES string of the molecule is O=C(O)C1CSCN1C(=O)Nc1ccc(I)cc1. The molecule has 1 heterocycles. The summed E-state index contributed by atoms with van der Waals surface area (Å²) in [5.41, 5.74) is 0.668. The molecule has 1 aromatic rings. The summed E-state index contributed by atoms with van der Waals surface area (Å²) in [6.07, 6.45) is 0. The number of carbonyl (C=O) groups is 2. The van der Waals surface area contributed by atoms with Crippen LogP contribution in [0.4, 0.5) is 10.5 Å². The van der Waals surface area contributed by atoms with Crippen LogP contribution in [0, 0.1) is 3.57 Å². The Morgan fingerprint density at radius 1 is 1.39 bits per heavy atom. The number of rotatable bonds is 2. The lowest BCUT2D eigenvalue weighted by Crippen LogP contribution is -2.43. The zero-order chi connectivity index (χ0) is 13.1. The number of carbonyl (C=O) groups excluding carboxylic acids is 1. The Balaban J connectivity index is 2.03. The number of carboxylic acids is 1. The Labute approximate surface area is 122 Å². The van der Waals surface area contributed by atoms with Crippen LogP contribution in [-0.4, -0.2) is 39.7 Å². The van der Waals surface area contributed by atoms with Crippen LogP contribution in [0.15, 0.2) is 24.3 Å². The molecule has 2 N–H and O–H groups in total. The maximum atomic E-state index is 12.0. The molecule has 1 aliphatic rings. The van der Waals surface area contributed by atoms with Crippen molar-refractivity contribution in [2.45, 2.75) is 6.04 Å². The summed E-state index contributed by atoms with van der Waals surface area (Å²) >= 11 is 3.62. The minimum absolute atomic E-state index is 0.367. The average Bonchev–Trinajstić information content (AvgIpc) is 2.81. The Morgan fingerprint density at radius 2 is 2.06 bits per heavy atom. The molecule has 0 spiro atoms. The summed E-state index contributed by atoms with van der Waals surface area (Å²) in [5.74, 6) is -0.111. The van der Waals surface area contributed by atoms with Gasteiger partial charge in [-0.1, -0.05) is 0 Å². The van der Waals surface area contributed by atoms with Crippen LogP contribution in [0.5, 0.6) is 0 Å². The fourth-order valence-electron chi connectivity index (χ4n) is 1.58. The lowest BCUT2D eigenvalue weighted by Gasteiger charge is -2.20. The van der Waals surface area contributed by atoms with E-state index in [0.717, 1.165) is 3.57 Å². The van der Waals surface area contributed by atoms with Crippen molar-refractivity contribution in [3.63, 3.8) is 0 Å². The van der Waals surface area contributed by atoms with Crippen molar-refractivity contribution >= 4 is 52.0 Å². The number of hydrogen-bond donors (Lipinski definition) is 2. The summed E-state index contributed by atoms with van der Waals surface area (Å²) in [6.45, 7) is 0. The number of nitrogens with one attached hydrogen (secondary N) is 1. The van der Waals surface area contributed by atoms with Gasteiger partial charge < -0.3 is 15.3 Å². The van der Waals surface area contributed by atoms with Crippen LogP contribution in [0.2, 0.25) is 0 Å². The van der Waals surface area contributed by atoms with Crippen molar-refractivity contribution in [1.29, 1.82) is 0 Å². The Hall–Kier alpha value is -0.960. The molecule has 0 bridgehead atoms. The first kappa shape index (κ1) is 13.5. The number of halogens is 1. The quantitative estimate of drug-likeness (QED) is 0.775. The summed E-state index contributed by atoms with van der Waals surface area (Å²) < 4.78 is 1.07. The molecule has 0 saturated carbocycles. The second kappa shape index (κ2) is 5.79. The molecule has 1 atom stereocenters. The molecule has 1 aliphatic heterocycles. The maximum Gasteiger partial charge on any atom is 0.327 e. The molecule has 1 unspecified atom stereocenters. The number of hydrogen-bond acceptors (Lipinski definition) is 3. The number of nitrogens with zero attached hydrogens (tertiary/aromatic N) is 1. The molecule has 96 valence electrons. The minimum atomic E-state index is -0.960. The van der Waals surface area contributed by atoms with E-state index in [-0.39, 0.29) is 6.03 Å². The van der Waals surface area contributed by atoms with Crippen molar-refractivity contribution in [1.82, 2.24) is 4.90 Å². The highest BCUT2D eigenvalue weighted by atomic mass is 127. The third kappa shape index (κ3) is 3.08. The minimum Gasteiger partial charge on any atom is -0.480 e. The largest absolute Gasteiger partial charge is 0.480 e. The average molecular weight is 378 g/mol. The molecule has 1 fully saturated rings. The third-order valence-electron chi connectivity index (χ3n) is 2.52. The van der Waals surface area contributed by atoms with Gasteiger partial charge in [0, 0.05) is 15.0 Å². The van der Waals surface area contributed by atoms with Crippen molar-refractivity contribution in [3.05, 3.63) is 27.8 Å². The standard InChI is InChI=1S/C11H11IN2O3S/c12-7-1-3-8(4-2-7)13-11(17)14-6-18-5-9(14)10(15)16/h1-4,9H,5-6H2,(H,13,17)(H,15,16). The predicted octanol–water partition coefficient (Wildman–Crippen LogP) is 2.28. The molecule has 2 amide bonds. The monoisotopic (exact) mass is 378 g/mol. The first-order valence-corrected chi connectivity index (χ1v) is 7.45. The van der Waals surface area contributed by atoms with Crippen molar-refractivity contribution < 1.29 is 14.7 Å². The molecule has 18 heavy (non-hydrogen) atoms. The summed E-state index contributed by atoms with van der Waals surface area (Å²) in [6, 6.07) is 6.23. The van der Waals surface area contributed by atoms with Crippen LogP contribution in [-0.2, 0) is 4.79 Å². The Bertz CT molecular complexity index is 466. The lowest BCUT2D eigenvalue weighted by molar-refractivity contribution is -0.140. The van der Waals surface area contributed by atoms with E-state index in [9.17, 15) is 9.59 Å². The van der Waals surface area contributed by atoms with E-state index in [1.54, 1.807) is 12.1 Å². The van der Waals surface area contributed by atoms with Gasteiger partial charge in [0.1, 0.15) is 6.04 Å². The van der Waals surface area contributed by atoms with Crippen molar-refractivity contribution in [3.8, 4) is 0 Å². The van der Waals surface area contributed by atoms with Gasteiger partial charge in [-0.3, -0.25) is 0 Å². The van der Waals surface area contributed by atoms with Gasteiger partial charge in [-0.2, -0.15) is 0 Å². The highest BCUT2D eigenvalue weighted by molar-refractivity contribution is 14.1. The van der Waals surface area contributed by atoms with Crippen molar-refractivity contribution in [2.75, 3.05) is 16.9 Å². The van der Waals surface area contributed by atoms with Gasteiger partial charge in [-0.15, -0.1) is 11.8 Å². The number of anilines is 1. The molecule has 2 rings (SSSR count). The molecule has 0 aliphatic carbocycles. The normalized spacial score (nSPS) is 18.7. The third-order valence-corrected chi connectivity index (χ3v) is 4.26. The summed E-state index contributed by atoms with van der Waals surface area (Å²) in [4.78, 5) is 24.3. The van der Waals surface area contributed by atoms with Gasteiger partial charge in [0.05, 0.1) is 5.88 Å². The fraction of sp³-hybridized carbons (Fsp3) is 0.273. The van der Waals surface area contributed by atoms with E-state index in [2.05, 4.69) is 27.9 Å². The zero-order valence-corrected chi connectivity index (χ0v) is 12.3. The molecule has 7 heteroatoms. The first-order valence-electron chi connectivity index (χ1n) is 5.21. The number of amides is 2. The van der Waals surface area contributed by atoms with Gasteiger partial charge in [0.2, 0.25) is 0 Å². The molecular formula is C11H11IN2O3S. The van der Waals surface area contributed by atoms with Gasteiger partial charge >= 0.3 is 12.0 Å². The van der Waals surface area contributed by atoms with Crippen LogP contribution in [0.25, 0.3) is 0 Å². The van der Waals surface area contributed by atoms with Crippen LogP contribution < -0.4 is 5.32 Å². The number of carboxylic acid groups (broad SMARTS) is 1. The Kier molecular flexibility index (Phi) is 4.33. The van der Waals surface area contributed by atoms with Crippen LogP contribution >= 0.6 is 34.4 Å². The predicted molar refractivity (Wildman–Crippen MR) is 78.8 cm³/mol. The molecule has 0 aromatic heterocycles. The van der Waals surface area contributed by atoms with E-state index in [1.807, 2.05) is 12.1 Å². The van der Waals surface area contributed by atoms with E-state index >= 15 is 0 Å². The first-order chi connectivity index (χ1) is 8.58. The van der Waals surface area contributed by atoms with E-state index in [1.165, 1.54) is 16.7 Å². The smallest absolute Gasteiger partial charge is 0.327 e.